The van der Waals surface area contributed by atoms with Gasteiger partial charge in [-0.1, -0.05) is 48.0 Å². The topological polar surface area (TPSA) is 95.5 Å². The van der Waals surface area contributed by atoms with Crippen LogP contribution in [-0.4, -0.2) is 38.4 Å². The van der Waals surface area contributed by atoms with Crippen LogP contribution >= 0.6 is 11.6 Å². The number of carbonyl (C=O) groups is 2. The lowest BCUT2D eigenvalue weighted by molar-refractivity contribution is -0.127. The van der Waals surface area contributed by atoms with Crippen molar-refractivity contribution in [3.63, 3.8) is 0 Å². The number of fused-ring (bicyclic) bond motifs is 1. The first-order valence-electron chi connectivity index (χ1n) is 11.6. The minimum absolute atomic E-state index is 0.268. The van der Waals surface area contributed by atoms with Crippen molar-refractivity contribution in [2.45, 2.75) is 13.0 Å². The normalized spacial score (nSPS) is 11.7. The number of carbonyl (C=O) groups excluding carboxylic acids is 2. The van der Waals surface area contributed by atoms with Crippen molar-refractivity contribution >= 4 is 40.5 Å². The molecular formula is C29H25ClN2O6. The number of rotatable bonds is 9. The standard InChI is InChI=1S/C29H25ClN2O6/c1-18(37-22-9-6-8-21(30)16-22)28(33)32-31-17-24-23-10-5-4-7-19(23)11-13-25(24)38-29(34)20-12-14-26(35-2)27(15-20)36-3/h4-18H,1-3H3,(H,32,33). The summed E-state index contributed by atoms with van der Waals surface area (Å²) >= 11 is 5.97. The van der Waals surface area contributed by atoms with Gasteiger partial charge in [-0.3, -0.25) is 4.79 Å². The molecule has 4 aromatic rings. The molecule has 194 valence electrons. The third-order valence-corrected chi connectivity index (χ3v) is 5.83. The van der Waals surface area contributed by atoms with Crippen molar-refractivity contribution < 1.29 is 28.5 Å². The Morgan fingerprint density at radius 2 is 1.66 bits per heavy atom. The van der Waals surface area contributed by atoms with Crippen LogP contribution in [0.4, 0.5) is 0 Å². The van der Waals surface area contributed by atoms with Gasteiger partial charge in [0.1, 0.15) is 11.5 Å². The average molecular weight is 533 g/mol. The second kappa shape index (κ2) is 12.1. The fraction of sp³-hybridized carbons (Fsp3) is 0.138. The Labute approximate surface area is 224 Å². The number of halogens is 1. The number of hydrogen-bond acceptors (Lipinski definition) is 7. The zero-order chi connectivity index (χ0) is 27.1. The maximum absolute atomic E-state index is 13.0. The summed E-state index contributed by atoms with van der Waals surface area (Å²) in [5.74, 6) is 0.562. The van der Waals surface area contributed by atoms with Crippen molar-refractivity contribution in [3.8, 4) is 23.0 Å². The van der Waals surface area contributed by atoms with Gasteiger partial charge in [0.05, 0.1) is 26.0 Å². The van der Waals surface area contributed by atoms with Gasteiger partial charge in [-0.2, -0.15) is 5.10 Å². The van der Waals surface area contributed by atoms with Crippen molar-refractivity contribution in [1.82, 2.24) is 5.43 Å². The van der Waals surface area contributed by atoms with E-state index < -0.39 is 18.0 Å². The predicted molar refractivity (Wildman–Crippen MR) is 146 cm³/mol. The Morgan fingerprint density at radius 3 is 2.42 bits per heavy atom. The number of esters is 1. The molecule has 1 atom stereocenters. The molecule has 4 aromatic carbocycles. The van der Waals surface area contributed by atoms with Crippen molar-refractivity contribution in [2.75, 3.05) is 14.2 Å². The van der Waals surface area contributed by atoms with Crippen LogP contribution in [0.25, 0.3) is 10.8 Å². The minimum atomic E-state index is -0.833. The van der Waals surface area contributed by atoms with E-state index in [9.17, 15) is 9.59 Å². The molecule has 38 heavy (non-hydrogen) atoms. The van der Waals surface area contributed by atoms with Crippen LogP contribution in [-0.2, 0) is 4.79 Å². The summed E-state index contributed by atoms with van der Waals surface area (Å²) in [5, 5.41) is 6.29. The lowest BCUT2D eigenvalue weighted by Crippen LogP contribution is -2.33. The molecule has 1 N–H and O–H groups in total. The molecule has 9 heteroatoms. The first-order valence-corrected chi connectivity index (χ1v) is 12.0. The highest BCUT2D eigenvalue weighted by Crippen LogP contribution is 2.30. The van der Waals surface area contributed by atoms with Crippen LogP contribution in [0.5, 0.6) is 23.0 Å². The van der Waals surface area contributed by atoms with Gasteiger partial charge in [0.2, 0.25) is 0 Å². The number of nitrogens with one attached hydrogen (secondary N) is 1. The molecule has 1 amide bonds. The van der Waals surface area contributed by atoms with E-state index in [-0.39, 0.29) is 11.3 Å². The van der Waals surface area contributed by atoms with Gasteiger partial charge in [0, 0.05) is 10.6 Å². The Bertz CT molecular complexity index is 1500. The van der Waals surface area contributed by atoms with Crippen molar-refractivity contribution in [1.29, 1.82) is 0 Å². The van der Waals surface area contributed by atoms with Crippen LogP contribution in [0.3, 0.4) is 0 Å². The van der Waals surface area contributed by atoms with Gasteiger partial charge < -0.3 is 18.9 Å². The lowest BCUT2D eigenvalue weighted by atomic mass is 10.0. The monoisotopic (exact) mass is 532 g/mol. The van der Waals surface area contributed by atoms with Gasteiger partial charge >= 0.3 is 5.97 Å². The fourth-order valence-corrected chi connectivity index (χ4v) is 3.85. The van der Waals surface area contributed by atoms with Crippen LogP contribution in [0, 0.1) is 0 Å². The van der Waals surface area contributed by atoms with Gasteiger partial charge in [-0.15, -0.1) is 0 Å². The number of benzene rings is 4. The molecular weight excluding hydrogens is 508 g/mol. The molecule has 0 radical (unpaired) electrons. The lowest BCUT2D eigenvalue weighted by Gasteiger charge is -2.13. The van der Waals surface area contributed by atoms with E-state index in [1.165, 1.54) is 26.5 Å². The fourth-order valence-electron chi connectivity index (χ4n) is 3.67. The van der Waals surface area contributed by atoms with Gasteiger partial charge in [0.25, 0.3) is 5.91 Å². The molecule has 0 aliphatic heterocycles. The van der Waals surface area contributed by atoms with E-state index in [2.05, 4.69) is 10.5 Å². The summed E-state index contributed by atoms with van der Waals surface area (Å²) < 4.78 is 21.9. The Morgan fingerprint density at radius 1 is 0.895 bits per heavy atom. The minimum Gasteiger partial charge on any atom is -0.493 e. The summed E-state index contributed by atoms with van der Waals surface area (Å²) in [5.41, 5.74) is 3.26. The largest absolute Gasteiger partial charge is 0.493 e. The first kappa shape index (κ1) is 26.5. The molecule has 1 unspecified atom stereocenters. The predicted octanol–water partition coefficient (Wildman–Crippen LogP) is 5.65. The van der Waals surface area contributed by atoms with E-state index in [0.717, 1.165) is 10.8 Å². The molecule has 0 spiro atoms. The van der Waals surface area contributed by atoms with E-state index in [1.54, 1.807) is 49.4 Å². The molecule has 0 saturated carbocycles. The summed E-state index contributed by atoms with van der Waals surface area (Å²) in [6, 6.07) is 22.6. The van der Waals surface area contributed by atoms with E-state index in [1.807, 2.05) is 30.3 Å². The van der Waals surface area contributed by atoms with Crippen LogP contribution in [0.15, 0.2) is 84.0 Å². The smallest absolute Gasteiger partial charge is 0.343 e. The molecule has 0 aliphatic rings. The average Bonchev–Trinajstić information content (AvgIpc) is 2.93. The third kappa shape index (κ3) is 6.22. The first-order chi connectivity index (χ1) is 18.4. The molecule has 8 nitrogen and oxygen atoms in total. The number of hydrogen-bond donors (Lipinski definition) is 1. The molecule has 0 fully saturated rings. The number of nitrogens with zero attached hydrogens (tertiary/aromatic N) is 1. The molecule has 0 saturated heterocycles. The number of amides is 1. The molecule has 0 aromatic heterocycles. The molecule has 0 bridgehead atoms. The highest BCUT2D eigenvalue weighted by Gasteiger charge is 2.17. The number of methoxy groups -OCH3 is 2. The van der Waals surface area contributed by atoms with E-state index in [4.69, 9.17) is 30.5 Å². The Balaban J connectivity index is 1.55. The summed E-state index contributed by atoms with van der Waals surface area (Å²) in [6.45, 7) is 1.60. The van der Waals surface area contributed by atoms with Gasteiger partial charge in [-0.25, -0.2) is 10.2 Å². The molecule has 0 heterocycles. The van der Waals surface area contributed by atoms with Gasteiger partial charge in [0.15, 0.2) is 17.6 Å². The highest BCUT2D eigenvalue weighted by molar-refractivity contribution is 6.30. The van der Waals surface area contributed by atoms with E-state index >= 15 is 0 Å². The maximum Gasteiger partial charge on any atom is 0.343 e. The second-order valence-electron chi connectivity index (χ2n) is 8.11. The van der Waals surface area contributed by atoms with Gasteiger partial charge in [-0.05, 0) is 60.2 Å². The quantitative estimate of drug-likeness (QED) is 0.130. The zero-order valence-corrected chi connectivity index (χ0v) is 21.7. The maximum atomic E-state index is 13.0. The Kier molecular flexibility index (Phi) is 8.45. The number of hydrazone groups is 1. The van der Waals surface area contributed by atoms with Crippen molar-refractivity contribution in [3.05, 3.63) is 95.0 Å². The summed E-state index contributed by atoms with van der Waals surface area (Å²) in [4.78, 5) is 25.5. The van der Waals surface area contributed by atoms with Crippen LogP contribution in [0.2, 0.25) is 5.02 Å². The van der Waals surface area contributed by atoms with E-state index in [0.29, 0.717) is 27.8 Å². The SMILES string of the molecule is COc1ccc(C(=O)Oc2ccc3ccccc3c2C=NNC(=O)C(C)Oc2cccc(Cl)c2)cc1OC. The molecule has 4 rings (SSSR count). The number of ether oxygens (including phenoxy) is 4. The third-order valence-electron chi connectivity index (χ3n) is 5.60. The highest BCUT2D eigenvalue weighted by atomic mass is 35.5. The summed E-state index contributed by atoms with van der Waals surface area (Å²) in [7, 11) is 3.00. The molecule has 0 aliphatic carbocycles. The zero-order valence-electron chi connectivity index (χ0n) is 20.9. The summed E-state index contributed by atoms with van der Waals surface area (Å²) in [6.07, 6.45) is 0.601. The van der Waals surface area contributed by atoms with Crippen LogP contribution in [0.1, 0.15) is 22.8 Å². The van der Waals surface area contributed by atoms with Crippen LogP contribution < -0.4 is 24.4 Å². The Hall–Kier alpha value is -4.56. The van der Waals surface area contributed by atoms with Crippen molar-refractivity contribution in [2.24, 2.45) is 5.10 Å². The second-order valence-corrected chi connectivity index (χ2v) is 8.55.